The maximum absolute atomic E-state index is 5.88. The molecule has 82 valence electrons. The first-order chi connectivity index (χ1) is 7.78. The first-order valence-electron chi connectivity index (χ1n) is 4.57. The van der Waals surface area contributed by atoms with Gasteiger partial charge in [0.05, 0.1) is 14.9 Å². The fourth-order valence-corrected chi connectivity index (χ4v) is 3.21. The molecule has 0 aromatic carbocycles. The summed E-state index contributed by atoms with van der Waals surface area (Å²) in [6.45, 7) is 0.466. The van der Waals surface area contributed by atoms with Crippen LogP contribution in [0.5, 0.6) is 0 Å². The summed E-state index contributed by atoms with van der Waals surface area (Å²) in [5, 5.41) is 6.39. The van der Waals surface area contributed by atoms with Gasteiger partial charge in [-0.3, -0.25) is 0 Å². The molecule has 0 aliphatic carbocycles. The monoisotopic (exact) mass is 270 g/mol. The lowest BCUT2D eigenvalue weighted by molar-refractivity contribution is 0.869. The summed E-state index contributed by atoms with van der Waals surface area (Å²) in [6, 6.07) is 3.77. The Kier molecular flexibility index (Phi) is 2.44. The lowest BCUT2D eigenvalue weighted by atomic mass is 10.4. The van der Waals surface area contributed by atoms with Gasteiger partial charge < -0.3 is 5.73 Å². The van der Waals surface area contributed by atoms with E-state index >= 15 is 0 Å². The molecule has 4 nitrogen and oxygen atoms in total. The van der Waals surface area contributed by atoms with Crippen molar-refractivity contribution >= 4 is 39.2 Å². The van der Waals surface area contributed by atoms with Crippen LogP contribution in [0.15, 0.2) is 17.5 Å². The van der Waals surface area contributed by atoms with E-state index in [4.69, 9.17) is 17.3 Å². The zero-order valence-corrected chi connectivity index (χ0v) is 10.4. The number of hydrogen-bond donors (Lipinski definition) is 1. The highest BCUT2D eigenvalue weighted by Gasteiger charge is 2.11. The minimum absolute atomic E-state index is 0.466. The van der Waals surface area contributed by atoms with Gasteiger partial charge in [0.25, 0.3) is 0 Å². The molecule has 0 unspecified atom stereocenters. The minimum atomic E-state index is 0.466. The van der Waals surface area contributed by atoms with Crippen molar-refractivity contribution in [1.29, 1.82) is 0 Å². The third-order valence-corrected chi connectivity index (χ3v) is 4.24. The zero-order valence-electron chi connectivity index (χ0n) is 8.05. The predicted molar refractivity (Wildman–Crippen MR) is 67.1 cm³/mol. The summed E-state index contributed by atoms with van der Waals surface area (Å²) in [5.41, 5.74) is 6.59. The molecular weight excluding hydrogens is 264 g/mol. The van der Waals surface area contributed by atoms with E-state index in [1.165, 1.54) is 11.3 Å². The van der Waals surface area contributed by atoms with Gasteiger partial charge in [-0.2, -0.15) is 4.98 Å². The lowest BCUT2D eigenvalue weighted by Gasteiger charge is -1.89. The van der Waals surface area contributed by atoms with Gasteiger partial charge in [0.15, 0.2) is 5.82 Å². The van der Waals surface area contributed by atoms with E-state index in [9.17, 15) is 0 Å². The van der Waals surface area contributed by atoms with Crippen molar-refractivity contribution < 1.29 is 0 Å². The van der Waals surface area contributed by atoms with Crippen LogP contribution in [0, 0.1) is 0 Å². The highest BCUT2D eigenvalue weighted by atomic mass is 35.5. The molecular formula is C9H7ClN4S2. The summed E-state index contributed by atoms with van der Waals surface area (Å²) in [5.74, 6) is 0.707. The number of hydrogen-bond acceptors (Lipinski definition) is 5. The van der Waals surface area contributed by atoms with Gasteiger partial charge in [-0.25, -0.2) is 4.52 Å². The first kappa shape index (κ1) is 10.2. The number of rotatable bonds is 2. The number of fused-ring (bicyclic) bond motifs is 1. The van der Waals surface area contributed by atoms with Crippen LogP contribution in [0.25, 0.3) is 15.7 Å². The standard InChI is InChI=1S/C9H7ClN4S2/c10-7-2-1-6(16-7)8-12-9-14(13-8)5(3-11)4-15-9/h1-2,4H,3,11H2. The van der Waals surface area contributed by atoms with Crippen molar-refractivity contribution in [2.75, 3.05) is 0 Å². The molecule has 3 heterocycles. The number of aromatic nitrogens is 3. The topological polar surface area (TPSA) is 56.2 Å². The Morgan fingerprint density at radius 1 is 1.44 bits per heavy atom. The van der Waals surface area contributed by atoms with Crippen molar-refractivity contribution in [1.82, 2.24) is 14.6 Å². The second-order valence-corrected chi connectivity index (χ2v) is 5.72. The summed E-state index contributed by atoms with van der Waals surface area (Å²) < 4.78 is 2.53. The molecule has 0 aliphatic heterocycles. The average Bonchev–Trinajstić information content (AvgIpc) is 2.90. The molecule has 0 fully saturated rings. The second-order valence-electron chi connectivity index (χ2n) is 3.16. The number of nitrogens with zero attached hydrogens (tertiary/aromatic N) is 3. The van der Waals surface area contributed by atoms with Crippen LogP contribution in [0.2, 0.25) is 4.34 Å². The molecule has 3 rings (SSSR count). The Hall–Kier alpha value is -0.950. The molecule has 3 aromatic heterocycles. The fraction of sp³-hybridized carbons (Fsp3) is 0.111. The third-order valence-electron chi connectivity index (χ3n) is 2.15. The zero-order chi connectivity index (χ0) is 11.1. The number of halogens is 1. The maximum atomic E-state index is 5.88. The predicted octanol–water partition coefficient (Wildman–Crippen LogP) is 2.63. The SMILES string of the molecule is NCc1csc2nc(-c3ccc(Cl)s3)nn12. The van der Waals surface area contributed by atoms with Gasteiger partial charge in [0, 0.05) is 11.9 Å². The molecule has 0 aliphatic rings. The van der Waals surface area contributed by atoms with Gasteiger partial charge in [-0.15, -0.1) is 27.8 Å². The van der Waals surface area contributed by atoms with Crippen LogP contribution in [-0.2, 0) is 6.54 Å². The van der Waals surface area contributed by atoms with Crippen LogP contribution in [0.4, 0.5) is 0 Å². The highest BCUT2D eigenvalue weighted by Crippen LogP contribution is 2.29. The van der Waals surface area contributed by atoms with Crippen LogP contribution in [0.3, 0.4) is 0 Å². The molecule has 0 saturated carbocycles. The van der Waals surface area contributed by atoms with Crippen LogP contribution >= 0.6 is 34.3 Å². The molecule has 16 heavy (non-hydrogen) atoms. The summed E-state index contributed by atoms with van der Waals surface area (Å²) >= 11 is 8.90. The van der Waals surface area contributed by atoms with Gasteiger partial charge in [-0.05, 0) is 12.1 Å². The number of thiazole rings is 1. The average molecular weight is 271 g/mol. The minimum Gasteiger partial charge on any atom is -0.325 e. The fourth-order valence-electron chi connectivity index (χ4n) is 1.41. The van der Waals surface area contributed by atoms with E-state index in [-0.39, 0.29) is 0 Å². The van der Waals surface area contributed by atoms with E-state index in [0.717, 1.165) is 19.9 Å². The molecule has 3 aromatic rings. The molecule has 2 N–H and O–H groups in total. The van der Waals surface area contributed by atoms with E-state index < -0.39 is 0 Å². The number of thiophene rings is 1. The van der Waals surface area contributed by atoms with Crippen molar-refractivity contribution in [3.63, 3.8) is 0 Å². The van der Waals surface area contributed by atoms with E-state index in [0.29, 0.717) is 12.4 Å². The van der Waals surface area contributed by atoms with Crippen molar-refractivity contribution in [3.8, 4) is 10.7 Å². The van der Waals surface area contributed by atoms with Crippen LogP contribution in [0.1, 0.15) is 5.69 Å². The largest absolute Gasteiger partial charge is 0.325 e. The Morgan fingerprint density at radius 2 is 2.31 bits per heavy atom. The Labute approximate surface area is 104 Å². The van der Waals surface area contributed by atoms with Crippen molar-refractivity contribution in [2.24, 2.45) is 5.73 Å². The van der Waals surface area contributed by atoms with Gasteiger partial charge in [0.1, 0.15) is 0 Å². The van der Waals surface area contributed by atoms with E-state index in [2.05, 4.69) is 10.1 Å². The van der Waals surface area contributed by atoms with Crippen LogP contribution in [-0.4, -0.2) is 14.6 Å². The molecule has 0 atom stereocenters. The highest BCUT2D eigenvalue weighted by molar-refractivity contribution is 7.19. The maximum Gasteiger partial charge on any atom is 0.212 e. The van der Waals surface area contributed by atoms with Crippen LogP contribution < -0.4 is 5.73 Å². The molecule has 7 heteroatoms. The Balaban J connectivity index is 2.15. The normalized spacial score (nSPS) is 11.4. The van der Waals surface area contributed by atoms with Gasteiger partial charge >= 0.3 is 0 Å². The van der Waals surface area contributed by atoms with E-state index in [1.54, 1.807) is 15.9 Å². The lowest BCUT2D eigenvalue weighted by Crippen LogP contribution is -2.00. The van der Waals surface area contributed by atoms with Crippen molar-refractivity contribution in [2.45, 2.75) is 6.54 Å². The van der Waals surface area contributed by atoms with Gasteiger partial charge in [-0.1, -0.05) is 11.6 Å². The first-order valence-corrected chi connectivity index (χ1v) is 6.64. The second kappa shape index (κ2) is 3.81. The third kappa shape index (κ3) is 1.54. The smallest absolute Gasteiger partial charge is 0.212 e. The molecule has 0 radical (unpaired) electrons. The van der Waals surface area contributed by atoms with Gasteiger partial charge in [0.2, 0.25) is 4.96 Å². The number of nitrogens with two attached hydrogens (primary N) is 1. The Bertz CT molecular complexity index is 639. The summed E-state index contributed by atoms with van der Waals surface area (Å²) in [6.07, 6.45) is 0. The Morgan fingerprint density at radius 3 is 3.00 bits per heavy atom. The summed E-state index contributed by atoms with van der Waals surface area (Å²) in [7, 11) is 0. The molecule has 0 amide bonds. The quantitative estimate of drug-likeness (QED) is 0.779. The molecule has 0 bridgehead atoms. The molecule has 0 spiro atoms. The molecule has 0 saturated heterocycles. The van der Waals surface area contributed by atoms with E-state index in [1.807, 2.05) is 17.5 Å². The van der Waals surface area contributed by atoms with Crippen molar-refractivity contribution in [3.05, 3.63) is 27.5 Å². The summed E-state index contributed by atoms with van der Waals surface area (Å²) in [4.78, 5) is 6.27.